The summed E-state index contributed by atoms with van der Waals surface area (Å²) < 4.78 is 5.19. The minimum atomic E-state index is -0.648. The standard InChI is InChI=1S/C10H18N2O3/c13-9(8-6-15-5-4-11-8)12-7-10(14)2-1-3-10/h8,11,14H,1-7H2,(H,12,13). The minimum Gasteiger partial charge on any atom is -0.388 e. The van der Waals surface area contributed by atoms with Crippen LogP contribution in [-0.2, 0) is 9.53 Å². The van der Waals surface area contributed by atoms with Crippen LogP contribution in [0.1, 0.15) is 19.3 Å². The monoisotopic (exact) mass is 214 g/mol. The Hall–Kier alpha value is -0.650. The molecule has 0 spiro atoms. The van der Waals surface area contributed by atoms with Gasteiger partial charge in [0.2, 0.25) is 5.91 Å². The lowest BCUT2D eigenvalue weighted by atomic mass is 9.80. The van der Waals surface area contributed by atoms with Gasteiger partial charge in [0.25, 0.3) is 0 Å². The van der Waals surface area contributed by atoms with E-state index in [4.69, 9.17) is 4.74 Å². The van der Waals surface area contributed by atoms with Crippen molar-refractivity contribution >= 4 is 5.91 Å². The molecule has 2 aliphatic rings. The average Bonchev–Trinajstić information content (AvgIpc) is 2.24. The fourth-order valence-corrected chi connectivity index (χ4v) is 1.87. The molecule has 1 aliphatic heterocycles. The van der Waals surface area contributed by atoms with E-state index >= 15 is 0 Å². The SMILES string of the molecule is O=C(NCC1(O)CCC1)C1COCCN1. The van der Waals surface area contributed by atoms with Gasteiger partial charge in [-0.05, 0) is 19.3 Å². The molecular formula is C10H18N2O3. The molecule has 1 heterocycles. The van der Waals surface area contributed by atoms with Gasteiger partial charge in [-0.1, -0.05) is 0 Å². The van der Waals surface area contributed by atoms with Crippen molar-refractivity contribution in [3.05, 3.63) is 0 Å². The molecule has 86 valence electrons. The Morgan fingerprint density at radius 1 is 1.60 bits per heavy atom. The summed E-state index contributed by atoms with van der Waals surface area (Å²) in [5.74, 6) is -0.0741. The predicted octanol–water partition coefficient (Wildman–Crippen LogP) is -0.994. The topological polar surface area (TPSA) is 70.6 Å². The Morgan fingerprint density at radius 2 is 2.40 bits per heavy atom. The van der Waals surface area contributed by atoms with Gasteiger partial charge in [-0.3, -0.25) is 4.79 Å². The van der Waals surface area contributed by atoms with Crippen LogP contribution in [0.25, 0.3) is 0 Å². The first kappa shape index (κ1) is 10.9. The molecule has 2 fully saturated rings. The summed E-state index contributed by atoms with van der Waals surface area (Å²) in [6, 6.07) is -0.262. The number of hydrogen-bond acceptors (Lipinski definition) is 4. The zero-order valence-electron chi connectivity index (χ0n) is 8.79. The van der Waals surface area contributed by atoms with E-state index < -0.39 is 5.60 Å². The second kappa shape index (κ2) is 4.47. The third kappa shape index (κ3) is 2.68. The maximum absolute atomic E-state index is 11.6. The molecular weight excluding hydrogens is 196 g/mol. The van der Waals surface area contributed by atoms with Crippen LogP contribution in [0.4, 0.5) is 0 Å². The van der Waals surface area contributed by atoms with Crippen molar-refractivity contribution in [2.45, 2.75) is 30.9 Å². The van der Waals surface area contributed by atoms with E-state index in [1.807, 2.05) is 0 Å². The van der Waals surface area contributed by atoms with Crippen LogP contribution in [0.2, 0.25) is 0 Å². The second-order valence-corrected chi connectivity index (χ2v) is 4.38. The zero-order chi connectivity index (χ0) is 10.7. The third-order valence-electron chi connectivity index (χ3n) is 3.11. The van der Waals surface area contributed by atoms with Crippen molar-refractivity contribution in [2.75, 3.05) is 26.3 Å². The molecule has 2 rings (SSSR count). The van der Waals surface area contributed by atoms with Crippen molar-refractivity contribution in [1.82, 2.24) is 10.6 Å². The molecule has 1 amide bonds. The van der Waals surface area contributed by atoms with E-state index in [0.717, 1.165) is 19.3 Å². The first-order valence-electron chi connectivity index (χ1n) is 5.51. The predicted molar refractivity (Wildman–Crippen MR) is 54.4 cm³/mol. The van der Waals surface area contributed by atoms with Crippen molar-refractivity contribution in [3.63, 3.8) is 0 Å². The van der Waals surface area contributed by atoms with E-state index in [9.17, 15) is 9.90 Å². The fraction of sp³-hybridized carbons (Fsp3) is 0.900. The van der Waals surface area contributed by atoms with Crippen molar-refractivity contribution < 1.29 is 14.6 Å². The second-order valence-electron chi connectivity index (χ2n) is 4.38. The van der Waals surface area contributed by atoms with Crippen molar-refractivity contribution in [3.8, 4) is 0 Å². The van der Waals surface area contributed by atoms with E-state index in [1.54, 1.807) is 0 Å². The van der Waals surface area contributed by atoms with Crippen LogP contribution < -0.4 is 10.6 Å². The summed E-state index contributed by atoms with van der Waals surface area (Å²) in [4.78, 5) is 11.6. The largest absolute Gasteiger partial charge is 0.388 e. The lowest BCUT2D eigenvalue weighted by Crippen LogP contribution is -2.55. The Kier molecular flexibility index (Phi) is 3.23. The van der Waals surface area contributed by atoms with Gasteiger partial charge in [-0.2, -0.15) is 0 Å². The number of carbonyl (C=O) groups excluding carboxylic acids is 1. The number of morpholine rings is 1. The van der Waals surface area contributed by atoms with Gasteiger partial charge < -0.3 is 20.5 Å². The number of hydrogen-bond donors (Lipinski definition) is 3. The maximum Gasteiger partial charge on any atom is 0.239 e. The van der Waals surface area contributed by atoms with Gasteiger partial charge in [0, 0.05) is 13.1 Å². The summed E-state index contributed by atoms with van der Waals surface area (Å²) in [5.41, 5.74) is -0.648. The van der Waals surface area contributed by atoms with Crippen LogP contribution in [0.3, 0.4) is 0 Å². The molecule has 0 bridgehead atoms. The van der Waals surface area contributed by atoms with Crippen molar-refractivity contribution in [2.24, 2.45) is 0 Å². The van der Waals surface area contributed by atoms with Crippen LogP contribution in [0, 0.1) is 0 Å². The van der Waals surface area contributed by atoms with Gasteiger partial charge in [-0.15, -0.1) is 0 Å². The van der Waals surface area contributed by atoms with Gasteiger partial charge >= 0.3 is 0 Å². The number of rotatable bonds is 3. The number of amides is 1. The number of nitrogens with one attached hydrogen (secondary N) is 2. The first-order chi connectivity index (χ1) is 7.20. The Morgan fingerprint density at radius 3 is 2.93 bits per heavy atom. The number of aliphatic hydroxyl groups is 1. The van der Waals surface area contributed by atoms with E-state index in [2.05, 4.69) is 10.6 Å². The molecule has 5 nitrogen and oxygen atoms in total. The minimum absolute atomic E-state index is 0.0741. The Bertz CT molecular complexity index is 235. The van der Waals surface area contributed by atoms with Gasteiger partial charge in [0.15, 0.2) is 0 Å². The molecule has 1 saturated carbocycles. The molecule has 0 aromatic carbocycles. The molecule has 1 aliphatic carbocycles. The van der Waals surface area contributed by atoms with Crippen LogP contribution in [0.5, 0.6) is 0 Å². The molecule has 0 aromatic rings. The number of carbonyl (C=O) groups is 1. The molecule has 0 radical (unpaired) electrons. The Labute approximate surface area is 89.2 Å². The third-order valence-corrected chi connectivity index (χ3v) is 3.11. The maximum atomic E-state index is 11.6. The highest BCUT2D eigenvalue weighted by Crippen LogP contribution is 2.30. The molecule has 0 aromatic heterocycles. The smallest absolute Gasteiger partial charge is 0.239 e. The highest BCUT2D eigenvalue weighted by molar-refractivity contribution is 5.82. The summed E-state index contributed by atoms with van der Waals surface area (Å²) in [5, 5.41) is 15.6. The van der Waals surface area contributed by atoms with E-state index in [-0.39, 0.29) is 11.9 Å². The quantitative estimate of drug-likeness (QED) is 0.564. The van der Waals surface area contributed by atoms with Gasteiger partial charge in [-0.25, -0.2) is 0 Å². The molecule has 1 unspecified atom stereocenters. The van der Waals surface area contributed by atoms with Crippen LogP contribution in [0.15, 0.2) is 0 Å². The average molecular weight is 214 g/mol. The molecule has 3 N–H and O–H groups in total. The van der Waals surface area contributed by atoms with Crippen LogP contribution >= 0.6 is 0 Å². The van der Waals surface area contributed by atoms with E-state index in [0.29, 0.717) is 26.3 Å². The lowest BCUT2D eigenvalue weighted by Gasteiger charge is -2.37. The summed E-state index contributed by atoms with van der Waals surface area (Å²) in [6.07, 6.45) is 2.64. The molecule has 15 heavy (non-hydrogen) atoms. The van der Waals surface area contributed by atoms with Gasteiger partial charge in [0.1, 0.15) is 6.04 Å². The summed E-state index contributed by atoms with van der Waals surface area (Å²) in [6.45, 7) is 2.16. The fourth-order valence-electron chi connectivity index (χ4n) is 1.87. The Balaban J connectivity index is 1.71. The lowest BCUT2D eigenvalue weighted by molar-refractivity contribution is -0.128. The highest BCUT2D eigenvalue weighted by Gasteiger charge is 2.35. The van der Waals surface area contributed by atoms with Crippen LogP contribution in [-0.4, -0.2) is 49.0 Å². The highest BCUT2D eigenvalue weighted by atomic mass is 16.5. The normalized spacial score (nSPS) is 29.3. The molecule has 1 atom stereocenters. The molecule has 1 saturated heterocycles. The van der Waals surface area contributed by atoms with E-state index in [1.165, 1.54) is 0 Å². The molecule has 5 heteroatoms. The van der Waals surface area contributed by atoms with Crippen molar-refractivity contribution in [1.29, 1.82) is 0 Å². The number of ether oxygens (including phenoxy) is 1. The van der Waals surface area contributed by atoms with Gasteiger partial charge in [0.05, 0.1) is 18.8 Å². The summed E-state index contributed by atoms with van der Waals surface area (Å²) in [7, 11) is 0. The first-order valence-corrected chi connectivity index (χ1v) is 5.51. The zero-order valence-corrected chi connectivity index (χ0v) is 8.79. The summed E-state index contributed by atoms with van der Waals surface area (Å²) >= 11 is 0.